The number of rotatable bonds is 4. The van der Waals surface area contributed by atoms with Crippen LogP contribution in [0.2, 0.25) is 0 Å². The Morgan fingerprint density at radius 3 is 2.53 bits per heavy atom. The lowest BCUT2D eigenvalue weighted by atomic mass is 10.1. The first kappa shape index (κ1) is 26.4. The molecule has 0 radical (unpaired) electrons. The predicted molar refractivity (Wildman–Crippen MR) is 140 cm³/mol. The van der Waals surface area contributed by atoms with Gasteiger partial charge in [-0.25, -0.2) is 8.42 Å². The summed E-state index contributed by atoms with van der Waals surface area (Å²) in [5, 5.41) is 2.38. The first-order chi connectivity index (χ1) is 17.9. The lowest BCUT2D eigenvalue weighted by Crippen LogP contribution is -2.39. The van der Waals surface area contributed by atoms with Gasteiger partial charge in [0.15, 0.2) is 9.84 Å². The number of thiocarbonyl (C=S) groups is 1. The summed E-state index contributed by atoms with van der Waals surface area (Å²) in [6.45, 7) is -0.517. The highest BCUT2D eigenvalue weighted by Crippen LogP contribution is 2.45. The van der Waals surface area contributed by atoms with Crippen molar-refractivity contribution in [2.24, 2.45) is 0 Å². The number of alkyl halides is 3. The fourth-order valence-electron chi connectivity index (χ4n) is 4.60. The molecule has 2 aromatic rings. The van der Waals surface area contributed by atoms with E-state index in [4.69, 9.17) is 12.2 Å². The number of nitrogens with zero attached hydrogens (tertiary/aromatic N) is 2. The fourth-order valence-corrected chi connectivity index (χ4v) is 7.77. The summed E-state index contributed by atoms with van der Waals surface area (Å²) < 4.78 is 63.1. The van der Waals surface area contributed by atoms with E-state index in [1.165, 1.54) is 11.0 Å². The van der Waals surface area contributed by atoms with Crippen LogP contribution >= 0.6 is 24.0 Å². The molecule has 0 bridgehead atoms. The number of thioether (sulfide) groups is 1. The van der Waals surface area contributed by atoms with Crippen molar-refractivity contribution in [3.8, 4) is 0 Å². The van der Waals surface area contributed by atoms with Crippen molar-refractivity contribution in [3.05, 3.63) is 64.6 Å². The van der Waals surface area contributed by atoms with E-state index in [-0.39, 0.29) is 38.4 Å². The van der Waals surface area contributed by atoms with Gasteiger partial charge in [-0.05, 0) is 30.7 Å². The topological polar surface area (TPSA) is 104 Å². The highest BCUT2D eigenvalue weighted by Gasteiger charge is 2.46. The number of anilines is 2. The van der Waals surface area contributed by atoms with E-state index in [9.17, 15) is 36.0 Å². The van der Waals surface area contributed by atoms with Gasteiger partial charge in [-0.15, -0.1) is 0 Å². The molecule has 3 heterocycles. The molecule has 1 N–H and O–H groups in total. The number of hydrogen-bond acceptors (Lipinski definition) is 7. The number of halogens is 3. The number of benzene rings is 2. The maximum Gasteiger partial charge on any atom is 0.416 e. The molecular weight excluding hydrogens is 563 g/mol. The molecule has 2 aromatic carbocycles. The molecule has 1 atom stereocenters. The number of hydrogen-bond donors (Lipinski definition) is 1. The van der Waals surface area contributed by atoms with E-state index in [0.717, 1.165) is 34.9 Å². The Morgan fingerprint density at radius 1 is 1.11 bits per heavy atom. The van der Waals surface area contributed by atoms with E-state index in [1.807, 2.05) is 0 Å². The molecule has 2 fully saturated rings. The summed E-state index contributed by atoms with van der Waals surface area (Å²) in [6, 6.07) is 9.99. The second-order valence-electron chi connectivity index (χ2n) is 8.84. The quantitative estimate of drug-likeness (QED) is 0.436. The summed E-state index contributed by atoms with van der Waals surface area (Å²) in [4.78, 5) is 42.1. The molecular formula is C24H18F3N3O5S3. The van der Waals surface area contributed by atoms with Gasteiger partial charge in [0.1, 0.15) is 10.9 Å². The number of carbonyl (C=O) groups is 3. The summed E-state index contributed by atoms with van der Waals surface area (Å²) in [6.07, 6.45) is -4.35. The summed E-state index contributed by atoms with van der Waals surface area (Å²) >= 11 is 6.26. The van der Waals surface area contributed by atoms with Gasteiger partial charge in [0.25, 0.3) is 11.8 Å². The average molecular weight is 582 g/mol. The second kappa shape index (κ2) is 9.50. The van der Waals surface area contributed by atoms with Crippen LogP contribution in [-0.2, 0) is 30.4 Å². The molecule has 2 saturated heterocycles. The third kappa shape index (κ3) is 4.83. The van der Waals surface area contributed by atoms with Crippen LogP contribution in [0.1, 0.15) is 17.5 Å². The van der Waals surface area contributed by atoms with E-state index in [0.29, 0.717) is 11.3 Å². The van der Waals surface area contributed by atoms with Crippen molar-refractivity contribution in [3.63, 3.8) is 0 Å². The Balaban J connectivity index is 1.42. The number of carbonyl (C=O) groups excluding carboxylic acids is 3. The first-order valence-electron chi connectivity index (χ1n) is 11.2. The van der Waals surface area contributed by atoms with Crippen LogP contribution in [0.3, 0.4) is 0 Å². The summed E-state index contributed by atoms with van der Waals surface area (Å²) in [5.74, 6) is -2.23. The lowest BCUT2D eigenvalue weighted by molar-refractivity contribution is -0.137. The maximum atomic E-state index is 13.5. The van der Waals surface area contributed by atoms with Crippen LogP contribution in [0.25, 0.3) is 5.57 Å². The second-order valence-corrected chi connectivity index (χ2v) is 12.7. The van der Waals surface area contributed by atoms with Crippen molar-refractivity contribution < 1.29 is 36.0 Å². The third-order valence-electron chi connectivity index (χ3n) is 6.30. The molecule has 3 aliphatic rings. The zero-order valence-corrected chi connectivity index (χ0v) is 21.8. The Labute approximate surface area is 224 Å². The minimum absolute atomic E-state index is 0.0353. The SMILES string of the molecule is O=C(CN1C(=O)/C(=C2\SC(=S)N([C@@H]3CCS(=O)(=O)C3)C2=O)c2ccccc21)Nc1cccc(C(F)(F)F)c1. The normalized spacial score (nSPS) is 22.8. The number of para-hydroxylation sites is 1. The molecule has 0 saturated carbocycles. The van der Waals surface area contributed by atoms with Crippen LogP contribution in [0.15, 0.2) is 53.4 Å². The molecule has 0 unspecified atom stereocenters. The minimum Gasteiger partial charge on any atom is -0.325 e. The van der Waals surface area contributed by atoms with Crippen molar-refractivity contribution in [1.29, 1.82) is 0 Å². The van der Waals surface area contributed by atoms with E-state index in [2.05, 4.69) is 5.32 Å². The average Bonchev–Trinajstić information content (AvgIpc) is 3.43. The van der Waals surface area contributed by atoms with Gasteiger partial charge in [0.05, 0.1) is 39.3 Å². The largest absolute Gasteiger partial charge is 0.416 e. The van der Waals surface area contributed by atoms with E-state index < -0.39 is 51.9 Å². The standard InChI is InChI=1S/C24H18F3N3O5S3/c25-24(26,27)13-4-3-5-14(10-13)28-18(31)11-29-17-7-2-1-6-16(17)19(21(29)32)20-22(33)30(23(36)37-20)15-8-9-38(34,35)12-15/h1-7,10,15H,8-9,11-12H2,(H,28,31)/b20-19-/t15-/m1/s1. The smallest absolute Gasteiger partial charge is 0.325 e. The predicted octanol–water partition coefficient (Wildman–Crippen LogP) is 3.45. The lowest BCUT2D eigenvalue weighted by Gasteiger charge is -2.21. The molecule has 3 aliphatic heterocycles. The van der Waals surface area contributed by atoms with Gasteiger partial charge in [-0.1, -0.05) is 48.2 Å². The molecule has 38 heavy (non-hydrogen) atoms. The monoisotopic (exact) mass is 581 g/mol. The molecule has 0 spiro atoms. The number of nitrogens with one attached hydrogen (secondary N) is 1. The van der Waals surface area contributed by atoms with Crippen LogP contribution in [0.5, 0.6) is 0 Å². The first-order valence-corrected chi connectivity index (χ1v) is 14.3. The van der Waals surface area contributed by atoms with Gasteiger partial charge in [0, 0.05) is 11.3 Å². The number of fused-ring (bicyclic) bond motifs is 1. The molecule has 0 aliphatic carbocycles. The van der Waals surface area contributed by atoms with Crippen molar-refractivity contribution >= 4 is 72.8 Å². The Bertz CT molecular complexity index is 1540. The van der Waals surface area contributed by atoms with E-state index >= 15 is 0 Å². The van der Waals surface area contributed by atoms with E-state index in [1.54, 1.807) is 24.3 Å². The van der Waals surface area contributed by atoms with Crippen molar-refractivity contribution in [1.82, 2.24) is 4.90 Å². The highest BCUT2D eigenvalue weighted by molar-refractivity contribution is 8.26. The zero-order chi connectivity index (χ0) is 27.4. The van der Waals surface area contributed by atoms with Gasteiger partial charge >= 0.3 is 6.18 Å². The molecule has 5 rings (SSSR count). The number of amides is 3. The van der Waals surface area contributed by atoms with Gasteiger partial charge in [-0.3, -0.25) is 24.2 Å². The van der Waals surface area contributed by atoms with Crippen molar-refractivity contribution in [2.45, 2.75) is 18.6 Å². The highest BCUT2D eigenvalue weighted by atomic mass is 32.2. The van der Waals surface area contributed by atoms with Gasteiger partial charge in [-0.2, -0.15) is 13.2 Å². The summed E-state index contributed by atoms with van der Waals surface area (Å²) in [5.41, 5.74) is -0.243. The summed E-state index contributed by atoms with van der Waals surface area (Å²) in [7, 11) is -3.30. The van der Waals surface area contributed by atoms with Crippen LogP contribution < -0.4 is 10.2 Å². The van der Waals surface area contributed by atoms with Gasteiger partial charge < -0.3 is 5.32 Å². The molecule has 8 nitrogen and oxygen atoms in total. The molecule has 198 valence electrons. The van der Waals surface area contributed by atoms with Crippen LogP contribution in [0.4, 0.5) is 24.5 Å². The molecule has 3 amide bonds. The minimum atomic E-state index is -4.59. The Kier molecular flexibility index (Phi) is 6.60. The number of sulfone groups is 1. The third-order valence-corrected chi connectivity index (χ3v) is 9.45. The van der Waals surface area contributed by atoms with Crippen molar-refractivity contribution in [2.75, 3.05) is 28.3 Å². The maximum absolute atomic E-state index is 13.5. The van der Waals surface area contributed by atoms with Gasteiger partial charge in [0.2, 0.25) is 5.91 Å². The Hall–Kier alpha value is -3.23. The molecule has 0 aromatic heterocycles. The zero-order valence-electron chi connectivity index (χ0n) is 19.3. The van der Waals surface area contributed by atoms with Crippen LogP contribution in [-0.4, -0.2) is 59.5 Å². The Morgan fingerprint density at radius 2 is 1.84 bits per heavy atom. The molecule has 14 heteroatoms. The van der Waals surface area contributed by atoms with Crippen LogP contribution in [0, 0.1) is 0 Å². The fraction of sp³-hybridized carbons (Fsp3) is 0.250.